The second-order valence-electron chi connectivity index (χ2n) is 3.55. The van der Waals surface area contributed by atoms with E-state index in [2.05, 4.69) is 24.0 Å². The molecule has 2 aromatic heterocycles. The van der Waals surface area contributed by atoms with Gasteiger partial charge in [-0.15, -0.1) is 0 Å². The first-order valence-corrected chi connectivity index (χ1v) is 5.58. The predicted molar refractivity (Wildman–Crippen MR) is 61.2 cm³/mol. The van der Waals surface area contributed by atoms with Crippen LogP contribution in [-0.2, 0) is 6.61 Å². The lowest BCUT2D eigenvalue weighted by molar-refractivity contribution is 0.276. The third kappa shape index (κ3) is 1.12. The molecular formula is C11H10N2OS. The zero-order valence-corrected chi connectivity index (χ0v) is 9.08. The van der Waals surface area contributed by atoms with Crippen molar-refractivity contribution in [3.8, 4) is 0 Å². The van der Waals surface area contributed by atoms with E-state index in [0.29, 0.717) is 0 Å². The van der Waals surface area contributed by atoms with Crippen LogP contribution in [0, 0.1) is 6.92 Å². The molecule has 0 aliphatic heterocycles. The summed E-state index contributed by atoms with van der Waals surface area (Å²) in [5, 5.41) is 9.24. The van der Waals surface area contributed by atoms with Gasteiger partial charge >= 0.3 is 0 Å². The molecule has 0 amide bonds. The van der Waals surface area contributed by atoms with Crippen molar-refractivity contribution in [3.63, 3.8) is 0 Å². The minimum absolute atomic E-state index is 0.0291. The Morgan fingerprint density at radius 1 is 1.47 bits per heavy atom. The van der Waals surface area contributed by atoms with Gasteiger partial charge in [0.1, 0.15) is 0 Å². The Bertz CT molecular complexity index is 638. The number of nitrogens with zero attached hydrogens (tertiary/aromatic N) is 2. The number of aryl methyl sites for hydroxylation is 1. The zero-order chi connectivity index (χ0) is 10.4. The molecule has 1 aromatic carbocycles. The molecule has 3 rings (SSSR count). The molecule has 3 aromatic rings. The summed E-state index contributed by atoms with van der Waals surface area (Å²) in [6, 6.07) is 6.21. The van der Waals surface area contributed by atoms with Crippen molar-refractivity contribution in [2.75, 3.05) is 0 Å². The molecule has 76 valence electrons. The van der Waals surface area contributed by atoms with Crippen LogP contribution in [0.1, 0.15) is 11.3 Å². The molecule has 4 heteroatoms. The van der Waals surface area contributed by atoms with Gasteiger partial charge in [-0.3, -0.25) is 4.40 Å². The zero-order valence-electron chi connectivity index (χ0n) is 8.27. The first-order valence-electron chi connectivity index (χ1n) is 4.76. The summed E-state index contributed by atoms with van der Waals surface area (Å²) in [4.78, 5) is 5.24. The smallest absolute Gasteiger partial charge is 0.195 e. The number of rotatable bonds is 1. The Kier molecular flexibility index (Phi) is 1.81. The molecule has 0 radical (unpaired) electrons. The second kappa shape index (κ2) is 3.05. The molecule has 1 N–H and O–H groups in total. The van der Waals surface area contributed by atoms with Gasteiger partial charge in [-0.05, 0) is 18.6 Å². The highest BCUT2D eigenvalue weighted by atomic mass is 32.1. The van der Waals surface area contributed by atoms with Crippen LogP contribution in [0.4, 0.5) is 0 Å². The number of benzene rings is 1. The maximum absolute atomic E-state index is 9.24. The van der Waals surface area contributed by atoms with Crippen molar-refractivity contribution < 1.29 is 5.11 Å². The van der Waals surface area contributed by atoms with Crippen molar-refractivity contribution in [3.05, 3.63) is 35.7 Å². The van der Waals surface area contributed by atoms with E-state index in [-0.39, 0.29) is 6.61 Å². The van der Waals surface area contributed by atoms with Gasteiger partial charge in [0.15, 0.2) is 4.96 Å². The van der Waals surface area contributed by atoms with E-state index >= 15 is 0 Å². The number of imidazole rings is 1. The number of hydrogen-bond acceptors (Lipinski definition) is 3. The molecule has 0 atom stereocenters. The third-order valence-electron chi connectivity index (χ3n) is 2.59. The molecule has 0 unspecified atom stereocenters. The fourth-order valence-electron chi connectivity index (χ4n) is 1.89. The van der Waals surface area contributed by atoms with E-state index < -0.39 is 0 Å². The Hall–Kier alpha value is -1.39. The summed E-state index contributed by atoms with van der Waals surface area (Å²) < 4.78 is 3.25. The van der Waals surface area contributed by atoms with E-state index in [1.165, 1.54) is 15.8 Å². The van der Waals surface area contributed by atoms with Gasteiger partial charge in [0.2, 0.25) is 0 Å². The van der Waals surface area contributed by atoms with E-state index in [9.17, 15) is 5.11 Å². The molecule has 0 saturated heterocycles. The maximum atomic E-state index is 9.24. The standard InChI is InChI=1S/C11H10N2OS/c1-7-3-2-4-9-10(7)13-8(6-14)5-12-11(13)15-9/h2-5,14H,6H2,1H3. The molecule has 0 aliphatic carbocycles. The molecule has 0 spiro atoms. The summed E-state index contributed by atoms with van der Waals surface area (Å²) in [5.41, 5.74) is 3.23. The summed E-state index contributed by atoms with van der Waals surface area (Å²) in [5.74, 6) is 0. The van der Waals surface area contributed by atoms with Crippen LogP contribution >= 0.6 is 11.3 Å². The highest BCUT2D eigenvalue weighted by Gasteiger charge is 2.10. The fourth-order valence-corrected chi connectivity index (χ4v) is 2.99. The summed E-state index contributed by atoms with van der Waals surface area (Å²) >= 11 is 1.65. The summed E-state index contributed by atoms with van der Waals surface area (Å²) in [6.07, 6.45) is 1.73. The number of aliphatic hydroxyl groups is 1. The van der Waals surface area contributed by atoms with E-state index in [1.807, 2.05) is 10.5 Å². The van der Waals surface area contributed by atoms with Gasteiger partial charge in [-0.25, -0.2) is 4.98 Å². The fraction of sp³-hybridized carbons (Fsp3) is 0.182. The number of thiazole rings is 1. The molecule has 15 heavy (non-hydrogen) atoms. The Morgan fingerprint density at radius 3 is 3.13 bits per heavy atom. The summed E-state index contributed by atoms with van der Waals surface area (Å²) in [6.45, 7) is 2.11. The van der Waals surface area contributed by atoms with Crippen LogP contribution in [0.2, 0.25) is 0 Å². The lowest BCUT2D eigenvalue weighted by Gasteiger charge is -1.99. The van der Waals surface area contributed by atoms with Crippen molar-refractivity contribution in [1.29, 1.82) is 0 Å². The van der Waals surface area contributed by atoms with E-state index in [4.69, 9.17) is 0 Å². The van der Waals surface area contributed by atoms with Crippen LogP contribution in [0.5, 0.6) is 0 Å². The van der Waals surface area contributed by atoms with Crippen LogP contribution in [0.3, 0.4) is 0 Å². The Balaban J connectivity index is 2.58. The van der Waals surface area contributed by atoms with Gasteiger partial charge in [0.25, 0.3) is 0 Å². The molecule has 0 saturated carbocycles. The largest absolute Gasteiger partial charge is 0.390 e. The van der Waals surface area contributed by atoms with Gasteiger partial charge in [-0.1, -0.05) is 23.5 Å². The minimum atomic E-state index is 0.0291. The normalized spacial score (nSPS) is 11.6. The van der Waals surface area contributed by atoms with Crippen molar-refractivity contribution in [1.82, 2.24) is 9.38 Å². The summed E-state index contributed by atoms with van der Waals surface area (Å²) in [7, 11) is 0. The predicted octanol–water partition coefficient (Wildman–Crippen LogP) is 2.35. The topological polar surface area (TPSA) is 37.5 Å². The van der Waals surface area contributed by atoms with Crippen LogP contribution in [0.15, 0.2) is 24.4 Å². The van der Waals surface area contributed by atoms with E-state index in [0.717, 1.165) is 10.7 Å². The monoisotopic (exact) mass is 218 g/mol. The molecule has 3 nitrogen and oxygen atoms in total. The highest BCUT2D eigenvalue weighted by molar-refractivity contribution is 7.23. The van der Waals surface area contributed by atoms with Gasteiger partial charge in [-0.2, -0.15) is 0 Å². The third-order valence-corrected chi connectivity index (χ3v) is 3.61. The van der Waals surface area contributed by atoms with Crippen molar-refractivity contribution in [2.45, 2.75) is 13.5 Å². The van der Waals surface area contributed by atoms with Crippen LogP contribution in [-0.4, -0.2) is 14.5 Å². The van der Waals surface area contributed by atoms with Crippen LogP contribution in [0.25, 0.3) is 15.2 Å². The van der Waals surface area contributed by atoms with Gasteiger partial charge < -0.3 is 5.11 Å². The number of hydrogen-bond donors (Lipinski definition) is 1. The Morgan fingerprint density at radius 2 is 2.33 bits per heavy atom. The van der Waals surface area contributed by atoms with Crippen molar-refractivity contribution in [2.24, 2.45) is 0 Å². The number of aliphatic hydroxyl groups excluding tert-OH is 1. The lowest BCUT2D eigenvalue weighted by atomic mass is 10.2. The average molecular weight is 218 g/mol. The minimum Gasteiger partial charge on any atom is -0.390 e. The van der Waals surface area contributed by atoms with Gasteiger partial charge in [0.05, 0.1) is 28.7 Å². The number of para-hydroxylation sites is 1. The SMILES string of the molecule is Cc1cccc2sc3ncc(CO)n3c12. The van der Waals surface area contributed by atoms with Crippen molar-refractivity contribution >= 4 is 26.5 Å². The lowest BCUT2D eigenvalue weighted by Crippen LogP contribution is -1.91. The second-order valence-corrected chi connectivity index (χ2v) is 4.56. The molecule has 0 fully saturated rings. The first-order chi connectivity index (χ1) is 7.31. The average Bonchev–Trinajstić information content (AvgIpc) is 2.75. The van der Waals surface area contributed by atoms with E-state index in [1.54, 1.807) is 17.5 Å². The van der Waals surface area contributed by atoms with Gasteiger partial charge in [0, 0.05) is 0 Å². The quantitative estimate of drug-likeness (QED) is 0.680. The van der Waals surface area contributed by atoms with Crippen LogP contribution < -0.4 is 0 Å². The highest BCUT2D eigenvalue weighted by Crippen LogP contribution is 2.29. The number of fused-ring (bicyclic) bond motifs is 3. The maximum Gasteiger partial charge on any atom is 0.195 e. The molecule has 0 aliphatic rings. The molecule has 0 bridgehead atoms. The number of aromatic nitrogens is 2. The molecular weight excluding hydrogens is 208 g/mol. The first kappa shape index (κ1) is 8.88. The molecule has 2 heterocycles. The Labute approximate surface area is 90.6 Å².